The number of imide groups is 1. The molecule has 4 aromatic rings. The van der Waals surface area contributed by atoms with Gasteiger partial charge >= 0.3 is 7.60 Å². The number of piperidine rings is 2. The maximum atomic E-state index is 13.2. The van der Waals surface area contributed by atoms with Crippen molar-refractivity contribution in [1.82, 2.24) is 30.0 Å². The third-order valence-corrected chi connectivity index (χ3v) is 15.5. The van der Waals surface area contributed by atoms with E-state index in [-0.39, 0.29) is 41.7 Å². The van der Waals surface area contributed by atoms with E-state index in [1.165, 1.54) is 25.3 Å². The first-order chi connectivity index (χ1) is 35.0. The van der Waals surface area contributed by atoms with E-state index in [0.717, 1.165) is 56.0 Å². The van der Waals surface area contributed by atoms with Crippen LogP contribution in [0.3, 0.4) is 0 Å². The molecule has 23 heteroatoms. The van der Waals surface area contributed by atoms with Gasteiger partial charge in [-0.3, -0.25) is 34.0 Å². The van der Waals surface area contributed by atoms with Crippen LogP contribution in [-0.2, 0) is 48.8 Å². The van der Waals surface area contributed by atoms with Gasteiger partial charge in [-0.05, 0) is 55.7 Å². The summed E-state index contributed by atoms with van der Waals surface area (Å²) in [5.74, 6) is 0.206. The summed E-state index contributed by atoms with van der Waals surface area (Å²) in [6.07, 6.45) is 3.99. The standard InChI is InChI=1S/C49H62ClN10O11P/c1-66-42-29-34(11-12-39(42)54-49-52-30-37(50)46(56-49)53-40-8-4-5-10-43(40)72(65,67-2)68-3)57-18-15-33(16-19-57)58-20-22-59(23-21-58)45(62)32-71-28-27-70-26-25-69-24-17-51-38-9-6-7-35-36(38)31-60(48(35)64)41-13-14-44(61)55-47(41)63/h4-12,29-30,33,41,51H,13-28,31-32H2,1-3H3,(H,55,61,63)(H2,52,53,54,56). The Morgan fingerprint density at radius 1 is 0.819 bits per heavy atom. The molecule has 0 radical (unpaired) electrons. The third kappa shape index (κ3) is 12.6. The van der Waals surface area contributed by atoms with Gasteiger partial charge in [-0.1, -0.05) is 29.8 Å². The fraction of sp³-hybridized carbons (Fsp3) is 0.469. The van der Waals surface area contributed by atoms with Crippen LogP contribution in [0.2, 0.25) is 5.02 Å². The second-order valence-corrected chi connectivity index (χ2v) is 20.1. The zero-order valence-electron chi connectivity index (χ0n) is 40.7. The molecule has 4 aliphatic rings. The van der Waals surface area contributed by atoms with Crippen LogP contribution in [0.5, 0.6) is 5.75 Å². The summed E-state index contributed by atoms with van der Waals surface area (Å²) in [4.78, 5) is 67.3. The van der Waals surface area contributed by atoms with Crippen LogP contribution in [-0.4, -0.2) is 167 Å². The first kappa shape index (κ1) is 52.4. The maximum absolute atomic E-state index is 13.2. The van der Waals surface area contributed by atoms with E-state index >= 15 is 0 Å². The summed E-state index contributed by atoms with van der Waals surface area (Å²) < 4.78 is 46.5. The molecule has 4 amide bonds. The highest BCUT2D eigenvalue weighted by Gasteiger charge is 2.40. The van der Waals surface area contributed by atoms with Gasteiger partial charge < -0.3 is 58.6 Å². The molecular weight excluding hydrogens is 971 g/mol. The number of piperazine rings is 1. The number of fused-ring (bicyclic) bond motifs is 1. The number of hydrogen-bond donors (Lipinski definition) is 4. The normalized spacial score (nSPS) is 17.8. The molecule has 1 aromatic heterocycles. The van der Waals surface area contributed by atoms with Gasteiger partial charge in [0.05, 0.1) is 63.0 Å². The molecule has 1 atom stereocenters. The summed E-state index contributed by atoms with van der Waals surface area (Å²) in [7, 11) is 0.696. The molecule has 386 valence electrons. The second kappa shape index (κ2) is 24.7. The number of methoxy groups -OCH3 is 1. The number of aromatic nitrogens is 2. The summed E-state index contributed by atoms with van der Waals surface area (Å²) in [6.45, 7) is 7.36. The lowest BCUT2D eigenvalue weighted by molar-refractivity contribution is -0.139. The first-order valence-electron chi connectivity index (χ1n) is 24.0. The van der Waals surface area contributed by atoms with Crippen molar-refractivity contribution in [3.05, 3.63) is 83.0 Å². The summed E-state index contributed by atoms with van der Waals surface area (Å²) in [6, 6.07) is 18.1. The van der Waals surface area contributed by atoms with Gasteiger partial charge in [0.1, 0.15) is 23.4 Å². The zero-order valence-corrected chi connectivity index (χ0v) is 42.4. The Bertz CT molecular complexity index is 2610. The number of carbonyl (C=O) groups is 4. The van der Waals surface area contributed by atoms with Gasteiger partial charge in [0.25, 0.3) is 5.91 Å². The Kier molecular flexibility index (Phi) is 18.0. The Morgan fingerprint density at radius 2 is 1.54 bits per heavy atom. The number of para-hydroxylation sites is 1. The van der Waals surface area contributed by atoms with E-state index in [9.17, 15) is 23.7 Å². The maximum Gasteiger partial charge on any atom is 0.362 e. The van der Waals surface area contributed by atoms with Crippen molar-refractivity contribution in [2.75, 3.05) is 128 Å². The Labute approximate surface area is 423 Å². The van der Waals surface area contributed by atoms with Crippen molar-refractivity contribution in [3.63, 3.8) is 0 Å². The van der Waals surface area contributed by atoms with Crippen LogP contribution < -0.4 is 36.2 Å². The van der Waals surface area contributed by atoms with Crippen LogP contribution in [0.15, 0.2) is 66.9 Å². The number of nitrogens with zero attached hydrogens (tertiary/aromatic N) is 6. The largest absolute Gasteiger partial charge is 0.494 e. The number of amides is 4. The number of halogens is 1. The number of nitrogens with one attached hydrogen (secondary N) is 4. The Morgan fingerprint density at radius 3 is 2.28 bits per heavy atom. The number of carbonyl (C=O) groups excluding carboxylic acids is 4. The molecule has 3 saturated heterocycles. The minimum atomic E-state index is -3.58. The first-order valence-corrected chi connectivity index (χ1v) is 26.0. The molecule has 1 unspecified atom stereocenters. The zero-order chi connectivity index (χ0) is 50.6. The van der Waals surface area contributed by atoms with Gasteiger partial charge in [0.2, 0.25) is 23.7 Å². The van der Waals surface area contributed by atoms with E-state index in [1.807, 2.05) is 29.2 Å². The minimum absolute atomic E-state index is 0.0113. The van der Waals surface area contributed by atoms with E-state index in [4.69, 9.17) is 39.6 Å². The quantitative estimate of drug-likeness (QED) is 0.0446. The number of anilines is 6. The fourth-order valence-electron chi connectivity index (χ4n) is 9.36. The molecule has 4 N–H and O–H groups in total. The van der Waals surface area contributed by atoms with E-state index < -0.39 is 19.5 Å². The molecule has 4 aliphatic heterocycles. The minimum Gasteiger partial charge on any atom is -0.494 e. The molecule has 72 heavy (non-hydrogen) atoms. The summed E-state index contributed by atoms with van der Waals surface area (Å²) in [5, 5.41) is 12.6. The fourth-order valence-corrected chi connectivity index (χ4v) is 10.7. The second-order valence-electron chi connectivity index (χ2n) is 17.5. The van der Waals surface area contributed by atoms with Crippen molar-refractivity contribution >= 4 is 82.6 Å². The predicted molar refractivity (Wildman–Crippen MR) is 271 cm³/mol. The molecule has 5 heterocycles. The number of hydrogen-bond acceptors (Lipinski definition) is 18. The molecule has 3 aromatic carbocycles. The summed E-state index contributed by atoms with van der Waals surface area (Å²) in [5.41, 5.74) is 4.36. The predicted octanol–water partition coefficient (Wildman–Crippen LogP) is 4.77. The van der Waals surface area contributed by atoms with Crippen LogP contribution in [0, 0.1) is 0 Å². The van der Waals surface area contributed by atoms with Gasteiger partial charge in [-0.25, -0.2) is 4.98 Å². The van der Waals surface area contributed by atoms with Crippen LogP contribution in [0.4, 0.5) is 34.5 Å². The van der Waals surface area contributed by atoms with Crippen molar-refractivity contribution in [3.8, 4) is 5.75 Å². The lowest BCUT2D eigenvalue weighted by Gasteiger charge is -2.43. The van der Waals surface area contributed by atoms with Crippen LogP contribution in [0.1, 0.15) is 41.6 Å². The monoisotopic (exact) mass is 1030 g/mol. The van der Waals surface area contributed by atoms with E-state index in [1.54, 1.807) is 43.5 Å². The Balaban J connectivity index is 0.686. The molecular formula is C49H62ClN10O11P. The average Bonchev–Trinajstić information content (AvgIpc) is 3.74. The highest BCUT2D eigenvalue weighted by atomic mass is 35.5. The van der Waals surface area contributed by atoms with E-state index in [0.29, 0.717) is 105 Å². The van der Waals surface area contributed by atoms with Crippen LogP contribution in [0.25, 0.3) is 0 Å². The molecule has 3 fully saturated rings. The van der Waals surface area contributed by atoms with Gasteiger partial charge in [-0.2, -0.15) is 4.98 Å². The van der Waals surface area contributed by atoms with Gasteiger partial charge in [-0.15, -0.1) is 0 Å². The molecule has 21 nitrogen and oxygen atoms in total. The lowest BCUT2D eigenvalue weighted by Crippen LogP contribution is -2.54. The van der Waals surface area contributed by atoms with Crippen molar-refractivity contribution < 1.29 is 51.7 Å². The lowest BCUT2D eigenvalue weighted by atomic mass is 10.0. The summed E-state index contributed by atoms with van der Waals surface area (Å²) >= 11 is 6.49. The SMILES string of the molecule is COc1cc(N2CCC(N3CCN(C(=O)COCCOCCOCCNc4cccc5c4CN(C4CCC(=O)NC4=O)C5=O)CC3)CC2)ccc1Nc1ncc(Cl)c(Nc2ccccc2P(=O)(OC)OC)n1. The average molecular weight is 1030 g/mol. The molecule has 0 aliphatic carbocycles. The Hall–Kier alpha value is -5.90. The third-order valence-electron chi connectivity index (χ3n) is 13.2. The van der Waals surface area contributed by atoms with Gasteiger partial charge in [0, 0.05) is 108 Å². The van der Waals surface area contributed by atoms with Crippen molar-refractivity contribution in [2.24, 2.45) is 0 Å². The van der Waals surface area contributed by atoms with E-state index in [2.05, 4.69) is 41.0 Å². The molecule has 0 spiro atoms. The topological polar surface area (TPSA) is 228 Å². The smallest absolute Gasteiger partial charge is 0.362 e. The van der Waals surface area contributed by atoms with Crippen molar-refractivity contribution in [2.45, 2.75) is 44.3 Å². The number of rotatable bonds is 23. The molecule has 8 rings (SSSR count). The van der Waals surface area contributed by atoms with Crippen molar-refractivity contribution in [1.29, 1.82) is 0 Å². The highest BCUT2D eigenvalue weighted by Crippen LogP contribution is 2.47. The number of benzene rings is 3. The highest BCUT2D eigenvalue weighted by molar-refractivity contribution is 7.62. The number of ether oxygens (including phenoxy) is 4. The molecule has 0 saturated carbocycles. The van der Waals surface area contributed by atoms with Crippen LogP contribution >= 0.6 is 19.2 Å². The molecule has 0 bridgehead atoms. The van der Waals surface area contributed by atoms with Gasteiger partial charge in [0.15, 0.2) is 5.82 Å².